The second-order valence-corrected chi connectivity index (χ2v) is 8.21. The van der Waals surface area contributed by atoms with Crippen molar-refractivity contribution >= 4 is 45.2 Å². The number of nitro benzene ring substituents is 1. The van der Waals surface area contributed by atoms with Crippen molar-refractivity contribution in [1.82, 2.24) is 5.43 Å². The minimum absolute atomic E-state index is 0.0167. The molecular formula is C20H18BrN3O5. The molecule has 3 rings (SSSR count). The van der Waals surface area contributed by atoms with Crippen LogP contribution in [0.4, 0.5) is 11.4 Å². The zero-order valence-corrected chi connectivity index (χ0v) is 17.5. The fourth-order valence-electron chi connectivity index (χ4n) is 2.73. The molecular weight excluding hydrogens is 442 g/mol. The summed E-state index contributed by atoms with van der Waals surface area (Å²) in [5.74, 6) is -1.19. The Morgan fingerprint density at radius 1 is 1.17 bits per heavy atom. The molecule has 8 nitrogen and oxygen atoms in total. The summed E-state index contributed by atoms with van der Waals surface area (Å²) in [4.78, 5) is 36.2. The number of hydrogen-bond acceptors (Lipinski definition) is 5. The Morgan fingerprint density at radius 3 is 2.41 bits per heavy atom. The fourth-order valence-corrected chi connectivity index (χ4v) is 3.20. The number of ether oxygens (including phenoxy) is 1. The molecule has 1 fully saturated rings. The number of hydrazine groups is 1. The normalized spacial score (nSPS) is 15.6. The number of carbonyl (C=O) groups is 2. The van der Waals surface area contributed by atoms with Crippen molar-refractivity contribution in [2.24, 2.45) is 0 Å². The van der Waals surface area contributed by atoms with E-state index in [4.69, 9.17) is 4.74 Å². The Kier molecular flexibility index (Phi) is 5.43. The molecule has 2 aromatic carbocycles. The minimum atomic E-state index is -0.732. The average Bonchev–Trinajstić information content (AvgIpc) is 2.91. The third-order valence-electron chi connectivity index (χ3n) is 3.87. The molecule has 1 aliphatic heterocycles. The van der Waals surface area contributed by atoms with Crippen molar-refractivity contribution < 1.29 is 19.2 Å². The molecule has 150 valence electrons. The second kappa shape index (κ2) is 7.67. The summed E-state index contributed by atoms with van der Waals surface area (Å²) >= 11 is 3.24. The van der Waals surface area contributed by atoms with Crippen LogP contribution in [0.25, 0.3) is 6.08 Å². The van der Waals surface area contributed by atoms with Crippen molar-refractivity contribution in [1.29, 1.82) is 0 Å². The van der Waals surface area contributed by atoms with Gasteiger partial charge in [0.25, 0.3) is 11.8 Å². The highest BCUT2D eigenvalue weighted by Crippen LogP contribution is 2.38. The smallest absolute Gasteiger partial charge is 0.312 e. The first-order valence-electron chi connectivity index (χ1n) is 8.66. The lowest BCUT2D eigenvalue weighted by Crippen LogP contribution is -2.35. The molecule has 0 saturated carbocycles. The molecule has 9 heteroatoms. The highest BCUT2D eigenvalue weighted by molar-refractivity contribution is 9.10. The van der Waals surface area contributed by atoms with Crippen molar-refractivity contribution in [3.63, 3.8) is 0 Å². The maximum atomic E-state index is 12.8. The number of para-hydroxylation sites is 1. The van der Waals surface area contributed by atoms with Gasteiger partial charge < -0.3 is 4.74 Å². The summed E-state index contributed by atoms with van der Waals surface area (Å²) in [6.07, 6.45) is 1.30. The Balaban J connectivity index is 2.11. The van der Waals surface area contributed by atoms with Crippen molar-refractivity contribution in [3.8, 4) is 5.75 Å². The molecule has 1 aliphatic rings. The Bertz CT molecular complexity index is 1030. The largest absolute Gasteiger partial charge is 0.481 e. The zero-order chi connectivity index (χ0) is 21.3. The quantitative estimate of drug-likeness (QED) is 0.322. The van der Waals surface area contributed by atoms with Gasteiger partial charge in [-0.05, 0) is 45.0 Å². The number of hydrogen-bond donors (Lipinski definition) is 1. The molecule has 0 aliphatic carbocycles. The standard InChI is InChI=1S/C20H18BrN3O5/c1-20(2,3)29-17-12(9-13(21)11-16(17)24(27)28)10-15-18(25)22-23(19(15)26)14-7-5-4-6-8-14/h4-11H,1-3H3,(H,22,25)/b15-10-. The van der Waals surface area contributed by atoms with Crippen LogP contribution in [0, 0.1) is 10.1 Å². The zero-order valence-electron chi connectivity index (χ0n) is 15.9. The molecule has 0 bridgehead atoms. The minimum Gasteiger partial charge on any atom is -0.481 e. The van der Waals surface area contributed by atoms with Gasteiger partial charge in [0.1, 0.15) is 11.2 Å². The number of halogens is 1. The van der Waals surface area contributed by atoms with E-state index in [0.717, 1.165) is 5.01 Å². The summed E-state index contributed by atoms with van der Waals surface area (Å²) in [5.41, 5.74) is 2.09. The molecule has 2 amide bonds. The van der Waals surface area contributed by atoms with Gasteiger partial charge in [-0.15, -0.1) is 0 Å². The first-order chi connectivity index (χ1) is 13.6. The average molecular weight is 460 g/mol. The van der Waals surface area contributed by atoms with E-state index in [1.165, 1.54) is 12.1 Å². The lowest BCUT2D eigenvalue weighted by Gasteiger charge is -2.22. The van der Waals surface area contributed by atoms with Gasteiger partial charge in [0.15, 0.2) is 0 Å². The number of nitrogens with one attached hydrogen (secondary N) is 1. The van der Waals surface area contributed by atoms with Gasteiger partial charge in [0.05, 0.1) is 10.6 Å². The van der Waals surface area contributed by atoms with Crippen LogP contribution in [0.2, 0.25) is 0 Å². The van der Waals surface area contributed by atoms with Crippen molar-refractivity contribution in [3.05, 3.63) is 68.2 Å². The van der Waals surface area contributed by atoms with Crippen LogP contribution in [-0.4, -0.2) is 22.3 Å². The van der Waals surface area contributed by atoms with Crippen LogP contribution < -0.4 is 15.2 Å². The first kappa shape index (κ1) is 20.5. The van der Waals surface area contributed by atoms with Crippen LogP contribution in [0.3, 0.4) is 0 Å². The number of nitro groups is 1. The van der Waals surface area contributed by atoms with Gasteiger partial charge in [-0.25, -0.2) is 5.01 Å². The van der Waals surface area contributed by atoms with E-state index >= 15 is 0 Å². The van der Waals surface area contributed by atoms with E-state index in [9.17, 15) is 19.7 Å². The number of amides is 2. The maximum Gasteiger partial charge on any atom is 0.312 e. The third kappa shape index (κ3) is 4.45. The summed E-state index contributed by atoms with van der Waals surface area (Å²) in [7, 11) is 0. The molecule has 2 aromatic rings. The third-order valence-corrected chi connectivity index (χ3v) is 4.33. The van der Waals surface area contributed by atoms with Gasteiger partial charge in [0.2, 0.25) is 5.75 Å². The highest BCUT2D eigenvalue weighted by Gasteiger charge is 2.35. The van der Waals surface area contributed by atoms with Crippen molar-refractivity contribution in [2.75, 3.05) is 5.01 Å². The molecule has 0 radical (unpaired) electrons. The van der Waals surface area contributed by atoms with E-state index in [1.807, 2.05) is 0 Å². The number of anilines is 1. The monoisotopic (exact) mass is 459 g/mol. The second-order valence-electron chi connectivity index (χ2n) is 7.29. The summed E-state index contributed by atoms with van der Waals surface area (Å²) in [6.45, 7) is 5.25. The first-order valence-corrected chi connectivity index (χ1v) is 9.45. The van der Waals surface area contributed by atoms with Crippen LogP contribution in [-0.2, 0) is 9.59 Å². The van der Waals surface area contributed by atoms with Crippen LogP contribution >= 0.6 is 15.9 Å². The number of carbonyl (C=O) groups excluding carboxylic acids is 2. The fraction of sp³-hybridized carbons (Fsp3) is 0.200. The van der Waals surface area contributed by atoms with Gasteiger partial charge in [-0.2, -0.15) is 0 Å². The lowest BCUT2D eigenvalue weighted by atomic mass is 10.1. The molecule has 1 saturated heterocycles. The molecule has 0 atom stereocenters. The molecule has 0 aromatic heterocycles. The van der Waals surface area contributed by atoms with E-state index in [2.05, 4.69) is 21.4 Å². The Labute approximate surface area is 175 Å². The van der Waals surface area contributed by atoms with E-state index in [0.29, 0.717) is 10.2 Å². The van der Waals surface area contributed by atoms with E-state index < -0.39 is 22.3 Å². The predicted molar refractivity (Wildman–Crippen MR) is 111 cm³/mol. The highest BCUT2D eigenvalue weighted by atomic mass is 79.9. The molecule has 1 N–H and O–H groups in total. The van der Waals surface area contributed by atoms with E-state index in [1.54, 1.807) is 57.2 Å². The summed E-state index contributed by atoms with van der Waals surface area (Å²) < 4.78 is 6.23. The molecule has 0 spiro atoms. The SMILES string of the molecule is CC(C)(C)Oc1c(/C=C2/C(=O)NN(c3ccccc3)C2=O)cc(Br)cc1[N+](=O)[O-]. The summed E-state index contributed by atoms with van der Waals surface area (Å²) in [5, 5.41) is 12.7. The summed E-state index contributed by atoms with van der Waals surface area (Å²) in [6, 6.07) is 11.5. The Morgan fingerprint density at radius 2 is 1.83 bits per heavy atom. The van der Waals surface area contributed by atoms with Crippen LogP contribution in [0.5, 0.6) is 5.75 Å². The van der Waals surface area contributed by atoms with Crippen LogP contribution in [0.15, 0.2) is 52.5 Å². The number of nitrogens with zero attached hydrogens (tertiary/aromatic N) is 2. The number of rotatable bonds is 4. The Hall–Kier alpha value is -3.20. The predicted octanol–water partition coefficient (Wildman–Crippen LogP) is 4.00. The maximum absolute atomic E-state index is 12.8. The van der Waals surface area contributed by atoms with E-state index in [-0.39, 0.29) is 22.6 Å². The number of benzene rings is 2. The van der Waals surface area contributed by atoms with Gasteiger partial charge in [0, 0.05) is 16.1 Å². The van der Waals surface area contributed by atoms with Crippen LogP contribution in [0.1, 0.15) is 26.3 Å². The molecule has 0 unspecified atom stereocenters. The van der Waals surface area contributed by atoms with Gasteiger partial charge >= 0.3 is 5.69 Å². The topological polar surface area (TPSA) is 102 Å². The van der Waals surface area contributed by atoms with Gasteiger partial charge in [-0.3, -0.25) is 25.1 Å². The van der Waals surface area contributed by atoms with Crippen molar-refractivity contribution in [2.45, 2.75) is 26.4 Å². The van der Waals surface area contributed by atoms with Gasteiger partial charge in [-0.1, -0.05) is 34.1 Å². The molecule has 1 heterocycles. The molecule has 29 heavy (non-hydrogen) atoms. The lowest BCUT2D eigenvalue weighted by molar-refractivity contribution is -0.386.